The molecule has 3 aromatic rings. The summed E-state index contributed by atoms with van der Waals surface area (Å²) in [7, 11) is 0. The molecule has 0 saturated carbocycles. The summed E-state index contributed by atoms with van der Waals surface area (Å²) >= 11 is 1.67. The van der Waals surface area contributed by atoms with Crippen molar-refractivity contribution in [2.24, 2.45) is 0 Å². The molecule has 0 atom stereocenters. The van der Waals surface area contributed by atoms with Crippen molar-refractivity contribution in [3.05, 3.63) is 57.9 Å². The zero-order chi connectivity index (χ0) is 13.8. The van der Waals surface area contributed by atoms with Gasteiger partial charge in [0.05, 0.1) is 0 Å². The van der Waals surface area contributed by atoms with E-state index in [0.717, 1.165) is 11.1 Å². The second-order valence-electron chi connectivity index (χ2n) is 4.16. The largest absolute Gasteiger partial charge is 0.247 e. The molecule has 20 heavy (non-hydrogen) atoms. The van der Waals surface area contributed by atoms with Crippen molar-refractivity contribution in [2.75, 3.05) is 0 Å². The molecular weight excluding hydrogens is 268 g/mol. The predicted octanol–water partition coefficient (Wildman–Crippen LogP) is 3.58. The smallest absolute Gasteiger partial charge is 0.163 e. The molecule has 0 spiro atoms. The molecule has 1 N–H and O–H groups in total. The highest BCUT2D eigenvalue weighted by Crippen LogP contribution is 2.21. The zero-order valence-corrected chi connectivity index (χ0v) is 11.3. The van der Waals surface area contributed by atoms with Crippen LogP contribution >= 0.6 is 11.3 Å². The number of nitriles is 1. The molecule has 2 aromatic heterocycles. The summed E-state index contributed by atoms with van der Waals surface area (Å²) in [5.41, 5.74) is 4.07. The monoisotopic (exact) mass is 278 g/mol. The molecule has 0 aliphatic rings. The Morgan fingerprint density at radius 1 is 1.20 bits per heavy atom. The Bertz CT molecular complexity index is 778. The van der Waals surface area contributed by atoms with Crippen molar-refractivity contribution in [1.82, 2.24) is 15.4 Å². The van der Waals surface area contributed by atoms with Crippen LogP contribution < -0.4 is 0 Å². The van der Waals surface area contributed by atoms with Gasteiger partial charge in [-0.15, -0.1) is 5.10 Å². The molecule has 1 aromatic carbocycles. The highest BCUT2D eigenvalue weighted by molar-refractivity contribution is 7.08. The maximum absolute atomic E-state index is 8.99. The average molecular weight is 278 g/mol. The molecule has 2 heterocycles. The van der Waals surface area contributed by atoms with Crippen LogP contribution in [-0.2, 0) is 0 Å². The van der Waals surface area contributed by atoms with Crippen LogP contribution in [0, 0.1) is 11.3 Å². The number of thiophene rings is 1. The Morgan fingerprint density at radius 3 is 2.90 bits per heavy atom. The van der Waals surface area contributed by atoms with Crippen LogP contribution in [0.2, 0.25) is 0 Å². The molecule has 0 bridgehead atoms. The Labute approximate surface area is 120 Å². The lowest BCUT2D eigenvalue weighted by atomic mass is 10.1. The van der Waals surface area contributed by atoms with Gasteiger partial charge >= 0.3 is 0 Å². The van der Waals surface area contributed by atoms with Gasteiger partial charge in [-0.1, -0.05) is 35.6 Å². The summed E-state index contributed by atoms with van der Waals surface area (Å²) < 4.78 is 0. The first-order valence-electron chi connectivity index (χ1n) is 5.98. The summed E-state index contributed by atoms with van der Waals surface area (Å²) in [6, 6.07) is 12.0. The number of benzene rings is 1. The van der Waals surface area contributed by atoms with Crippen molar-refractivity contribution in [3.8, 4) is 17.3 Å². The second kappa shape index (κ2) is 5.51. The molecule has 3 rings (SSSR count). The van der Waals surface area contributed by atoms with Gasteiger partial charge in [0.25, 0.3) is 0 Å². The fourth-order valence-electron chi connectivity index (χ4n) is 1.86. The number of aromatic amines is 1. The first-order valence-corrected chi connectivity index (χ1v) is 6.93. The maximum atomic E-state index is 8.99. The van der Waals surface area contributed by atoms with Crippen LogP contribution in [0.4, 0.5) is 0 Å². The fraction of sp³-hybridized carbons (Fsp3) is 0. The van der Waals surface area contributed by atoms with Crippen molar-refractivity contribution in [3.63, 3.8) is 0 Å². The minimum atomic E-state index is 0.379. The Kier molecular flexibility index (Phi) is 3.40. The maximum Gasteiger partial charge on any atom is 0.163 e. The van der Waals surface area contributed by atoms with E-state index in [1.54, 1.807) is 11.3 Å². The van der Waals surface area contributed by atoms with E-state index in [4.69, 9.17) is 5.26 Å². The molecule has 0 aliphatic heterocycles. The molecule has 5 heteroatoms. The van der Waals surface area contributed by atoms with Gasteiger partial charge < -0.3 is 0 Å². The number of aromatic nitrogens is 3. The Balaban J connectivity index is 1.92. The highest BCUT2D eigenvalue weighted by atomic mass is 32.1. The van der Waals surface area contributed by atoms with Crippen LogP contribution in [0.5, 0.6) is 0 Å². The first kappa shape index (κ1) is 12.3. The summed E-state index contributed by atoms with van der Waals surface area (Å²) in [6.45, 7) is 0. The van der Waals surface area contributed by atoms with Crippen molar-refractivity contribution in [1.29, 1.82) is 5.26 Å². The van der Waals surface area contributed by atoms with Gasteiger partial charge in [0.15, 0.2) is 5.69 Å². The van der Waals surface area contributed by atoms with Gasteiger partial charge in [0.1, 0.15) is 11.8 Å². The van der Waals surface area contributed by atoms with Crippen LogP contribution in [0.25, 0.3) is 23.4 Å². The van der Waals surface area contributed by atoms with Gasteiger partial charge in [-0.05, 0) is 34.0 Å². The minimum absolute atomic E-state index is 0.379. The van der Waals surface area contributed by atoms with E-state index in [0.29, 0.717) is 11.4 Å². The van der Waals surface area contributed by atoms with Crippen molar-refractivity contribution >= 4 is 23.5 Å². The van der Waals surface area contributed by atoms with Gasteiger partial charge in [-0.3, -0.25) is 0 Å². The Morgan fingerprint density at radius 2 is 2.10 bits per heavy atom. The molecule has 0 amide bonds. The lowest BCUT2D eigenvalue weighted by Crippen LogP contribution is -1.83. The zero-order valence-electron chi connectivity index (χ0n) is 10.4. The summed E-state index contributed by atoms with van der Waals surface area (Å²) in [5.74, 6) is 0. The van der Waals surface area contributed by atoms with Gasteiger partial charge in [-0.25, -0.2) is 5.10 Å². The third-order valence-electron chi connectivity index (χ3n) is 2.83. The lowest BCUT2D eigenvalue weighted by molar-refractivity contribution is 0.937. The van der Waals surface area contributed by atoms with Gasteiger partial charge in [0, 0.05) is 5.56 Å². The number of nitrogens with zero attached hydrogens (tertiary/aromatic N) is 3. The van der Waals surface area contributed by atoms with E-state index in [2.05, 4.69) is 39.0 Å². The van der Waals surface area contributed by atoms with E-state index >= 15 is 0 Å². The van der Waals surface area contributed by atoms with Crippen LogP contribution in [0.1, 0.15) is 16.8 Å². The number of hydrogen-bond donors (Lipinski definition) is 1. The molecule has 0 unspecified atom stereocenters. The molecule has 0 aliphatic carbocycles. The first-order chi connectivity index (χ1) is 9.86. The van der Waals surface area contributed by atoms with E-state index < -0.39 is 0 Å². The van der Waals surface area contributed by atoms with Crippen LogP contribution in [0.15, 0.2) is 41.1 Å². The van der Waals surface area contributed by atoms with Crippen LogP contribution in [0.3, 0.4) is 0 Å². The quantitative estimate of drug-likeness (QED) is 0.796. The normalized spacial score (nSPS) is 10.8. The van der Waals surface area contributed by atoms with Gasteiger partial charge in [0.2, 0.25) is 0 Å². The SMILES string of the molecule is N#Cc1[nH]nnc1-c1cccc(/C=C/c2ccsc2)c1. The lowest BCUT2D eigenvalue weighted by Gasteiger charge is -1.99. The van der Waals surface area contributed by atoms with E-state index in [9.17, 15) is 0 Å². The van der Waals surface area contributed by atoms with Crippen LogP contribution in [-0.4, -0.2) is 15.4 Å². The predicted molar refractivity (Wildman–Crippen MR) is 79.8 cm³/mol. The van der Waals surface area contributed by atoms with E-state index in [1.165, 1.54) is 5.56 Å². The van der Waals surface area contributed by atoms with E-state index in [1.807, 2.05) is 35.7 Å². The molecular formula is C15H10N4S. The van der Waals surface area contributed by atoms with E-state index in [-0.39, 0.29) is 0 Å². The molecule has 0 saturated heterocycles. The average Bonchev–Trinajstić information content (AvgIpc) is 3.16. The fourth-order valence-corrected chi connectivity index (χ4v) is 2.49. The summed E-state index contributed by atoms with van der Waals surface area (Å²) in [6.07, 6.45) is 4.10. The molecule has 96 valence electrons. The van der Waals surface area contributed by atoms with Crippen molar-refractivity contribution < 1.29 is 0 Å². The number of H-pyrrole nitrogens is 1. The third kappa shape index (κ3) is 2.51. The van der Waals surface area contributed by atoms with Gasteiger partial charge in [-0.2, -0.15) is 16.6 Å². The standard InChI is InChI=1S/C15H10N4S/c16-9-14-15(18-19-17-14)13-3-1-2-11(8-13)4-5-12-6-7-20-10-12/h1-8,10H,(H,17,18,19)/b5-4+. The molecule has 0 fully saturated rings. The number of rotatable bonds is 3. The summed E-state index contributed by atoms with van der Waals surface area (Å²) in [4.78, 5) is 0. The minimum Gasteiger partial charge on any atom is -0.247 e. The number of hydrogen-bond acceptors (Lipinski definition) is 4. The third-order valence-corrected chi connectivity index (χ3v) is 3.53. The number of nitrogens with one attached hydrogen (secondary N) is 1. The Hall–Kier alpha value is -2.71. The molecule has 4 nitrogen and oxygen atoms in total. The van der Waals surface area contributed by atoms with Crippen molar-refractivity contribution in [2.45, 2.75) is 0 Å². The topological polar surface area (TPSA) is 65.4 Å². The summed E-state index contributed by atoms with van der Waals surface area (Å²) in [5, 5.41) is 23.3. The second-order valence-corrected chi connectivity index (χ2v) is 4.94. The highest BCUT2D eigenvalue weighted by Gasteiger charge is 2.08. The molecule has 0 radical (unpaired) electrons.